The number of nitrogens with zero attached hydrogens (tertiary/aromatic N) is 4. The van der Waals surface area contributed by atoms with Crippen molar-refractivity contribution in [3.05, 3.63) is 94.3 Å². The van der Waals surface area contributed by atoms with Gasteiger partial charge in [0.15, 0.2) is 0 Å². The van der Waals surface area contributed by atoms with Crippen LogP contribution in [0.2, 0.25) is 0 Å². The van der Waals surface area contributed by atoms with E-state index in [1.165, 1.54) is 24.3 Å². The molecule has 0 aliphatic heterocycles. The first-order valence-corrected chi connectivity index (χ1v) is 8.58. The third-order valence-electron chi connectivity index (χ3n) is 4.70. The Labute approximate surface area is 158 Å². The van der Waals surface area contributed by atoms with Gasteiger partial charge in [-0.1, -0.05) is 24.3 Å². The predicted molar refractivity (Wildman–Crippen MR) is 105 cm³/mol. The van der Waals surface area contributed by atoms with Crippen LogP contribution in [0.1, 0.15) is 16.1 Å². The number of rotatable bonds is 3. The number of aromatic nitrogens is 3. The number of non-ortho nitro benzene ring substituents is 1. The Bertz CT molecular complexity index is 1400. The van der Waals surface area contributed by atoms with Crippen LogP contribution < -0.4 is 0 Å². The van der Waals surface area contributed by atoms with Gasteiger partial charge in [0, 0.05) is 29.3 Å². The summed E-state index contributed by atoms with van der Waals surface area (Å²) in [6, 6.07) is 18.7. The van der Waals surface area contributed by atoms with E-state index in [1.54, 1.807) is 0 Å². The van der Waals surface area contributed by atoms with E-state index in [-0.39, 0.29) is 17.2 Å². The minimum Gasteiger partial charge on any atom is -0.298 e. The van der Waals surface area contributed by atoms with E-state index in [1.807, 2.05) is 53.1 Å². The molecule has 3 heterocycles. The van der Waals surface area contributed by atoms with Crippen LogP contribution >= 0.6 is 0 Å². The second kappa shape index (κ2) is 5.95. The molecule has 0 saturated carbocycles. The summed E-state index contributed by atoms with van der Waals surface area (Å²) in [6.45, 7) is 0. The largest absolute Gasteiger partial charge is 0.298 e. The molecule has 0 aliphatic carbocycles. The lowest BCUT2D eigenvalue weighted by Gasteiger charge is -2.06. The first kappa shape index (κ1) is 16.1. The highest BCUT2D eigenvalue weighted by molar-refractivity contribution is 6.18. The molecule has 5 rings (SSSR count). The zero-order valence-electron chi connectivity index (χ0n) is 14.4. The molecule has 0 atom stereocenters. The Balaban J connectivity index is 1.82. The van der Waals surface area contributed by atoms with Gasteiger partial charge in [-0.05, 0) is 30.3 Å². The van der Waals surface area contributed by atoms with Crippen LogP contribution in [0.25, 0.3) is 27.6 Å². The second-order valence-corrected chi connectivity index (χ2v) is 6.35. The van der Waals surface area contributed by atoms with Crippen molar-refractivity contribution in [3.8, 4) is 0 Å². The molecule has 0 spiro atoms. The maximum Gasteiger partial charge on any atom is 0.269 e. The van der Waals surface area contributed by atoms with Gasteiger partial charge in [-0.25, -0.2) is 9.97 Å². The molecule has 0 aliphatic rings. The Morgan fingerprint density at radius 3 is 2.46 bits per heavy atom. The van der Waals surface area contributed by atoms with E-state index in [2.05, 4.69) is 4.98 Å². The van der Waals surface area contributed by atoms with Crippen LogP contribution in [-0.4, -0.2) is 25.1 Å². The highest BCUT2D eigenvalue weighted by Crippen LogP contribution is 2.28. The number of hydrogen-bond donors (Lipinski definition) is 0. The van der Waals surface area contributed by atoms with Gasteiger partial charge in [0.25, 0.3) is 5.69 Å². The fourth-order valence-electron chi connectivity index (χ4n) is 3.38. The number of nitro groups is 1. The highest BCUT2D eigenvalue weighted by atomic mass is 16.6. The lowest BCUT2D eigenvalue weighted by molar-refractivity contribution is -0.384. The Kier molecular flexibility index (Phi) is 3.42. The fourth-order valence-corrected chi connectivity index (χ4v) is 3.38. The van der Waals surface area contributed by atoms with Crippen molar-refractivity contribution in [2.24, 2.45) is 0 Å². The first-order chi connectivity index (χ1) is 13.6. The summed E-state index contributed by atoms with van der Waals surface area (Å²) in [5, 5.41) is 11.7. The summed E-state index contributed by atoms with van der Waals surface area (Å²) < 4.78 is 1.84. The summed E-state index contributed by atoms with van der Waals surface area (Å²) in [6.07, 6.45) is 1.84. The number of fused-ring (bicyclic) bond motifs is 5. The third kappa shape index (κ3) is 2.34. The summed E-state index contributed by atoms with van der Waals surface area (Å²) in [7, 11) is 0. The maximum absolute atomic E-state index is 13.3. The fraction of sp³-hybridized carbons (Fsp3) is 0. The first-order valence-electron chi connectivity index (χ1n) is 8.58. The van der Waals surface area contributed by atoms with Crippen LogP contribution in [0.5, 0.6) is 0 Å². The van der Waals surface area contributed by atoms with E-state index in [9.17, 15) is 14.9 Å². The summed E-state index contributed by atoms with van der Waals surface area (Å²) in [5.74, 6) is -0.309. The molecular weight excluding hydrogens is 356 g/mol. The van der Waals surface area contributed by atoms with E-state index in [4.69, 9.17) is 4.98 Å². The predicted octanol–water partition coefficient (Wildman–Crippen LogP) is 4.17. The number of pyridine rings is 2. The van der Waals surface area contributed by atoms with Crippen molar-refractivity contribution in [1.29, 1.82) is 0 Å². The minimum atomic E-state index is -0.495. The second-order valence-electron chi connectivity index (χ2n) is 6.35. The average molecular weight is 368 g/mol. The summed E-state index contributed by atoms with van der Waals surface area (Å²) >= 11 is 0. The van der Waals surface area contributed by atoms with Crippen LogP contribution in [-0.2, 0) is 0 Å². The minimum absolute atomic E-state index is 0.0667. The molecule has 0 unspecified atom stereocenters. The zero-order chi connectivity index (χ0) is 19.3. The van der Waals surface area contributed by atoms with Gasteiger partial charge in [-0.3, -0.25) is 19.3 Å². The molecule has 2 aromatic carbocycles. The van der Waals surface area contributed by atoms with Crippen LogP contribution in [0.4, 0.5) is 5.69 Å². The van der Waals surface area contributed by atoms with Crippen LogP contribution in [0.15, 0.2) is 72.9 Å². The van der Waals surface area contributed by atoms with E-state index < -0.39 is 4.92 Å². The number of carbonyl (C=O) groups excluding carboxylic acids is 1. The molecule has 7 heteroatoms. The molecule has 0 N–H and O–H groups in total. The van der Waals surface area contributed by atoms with E-state index in [0.717, 1.165) is 5.39 Å². The summed E-state index contributed by atoms with van der Waals surface area (Å²) in [5.41, 5.74) is 3.24. The quantitative estimate of drug-likeness (QED) is 0.271. The van der Waals surface area contributed by atoms with Gasteiger partial charge in [-0.15, -0.1) is 0 Å². The van der Waals surface area contributed by atoms with Gasteiger partial charge >= 0.3 is 0 Å². The number of imidazole rings is 1. The van der Waals surface area contributed by atoms with E-state index >= 15 is 0 Å². The van der Waals surface area contributed by atoms with Gasteiger partial charge in [0.05, 0.1) is 10.4 Å². The molecule has 3 aromatic heterocycles. The van der Waals surface area contributed by atoms with Crippen molar-refractivity contribution in [3.63, 3.8) is 0 Å². The molecule has 0 bridgehead atoms. The molecule has 5 aromatic rings. The highest BCUT2D eigenvalue weighted by Gasteiger charge is 2.21. The Morgan fingerprint density at radius 2 is 1.68 bits per heavy atom. The lowest BCUT2D eigenvalue weighted by atomic mass is 10.0. The SMILES string of the molecule is O=C(c1ccc([N+](=O)[O-])cc1)c1nc2ccccc2c2nc3ccccn3c12. The number of hydrogen-bond acceptors (Lipinski definition) is 5. The standard InChI is InChI=1S/C21H12N4O3/c26-21(13-8-10-14(11-9-13)25(27)28)19-20-18(15-5-1-2-6-16(15)22-19)23-17-7-3-4-12-24(17)20/h1-12H. The van der Waals surface area contributed by atoms with Crippen LogP contribution in [0.3, 0.4) is 0 Å². The van der Waals surface area contributed by atoms with Crippen molar-refractivity contribution in [2.45, 2.75) is 0 Å². The van der Waals surface area contributed by atoms with Crippen molar-refractivity contribution in [1.82, 2.24) is 14.4 Å². The van der Waals surface area contributed by atoms with Gasteiger partial charge < -0.3 is 0 Å². The maximum atomic E-state index is 13.3. The number of carbonyl (C=O) groups is 1. The smallest absolute Gasteiger partial charge is 0.269 e. The Morgan fingerprint density at radius 1 is 0.929 bits per heavy atom. The molecule has 0 saturated heterocycles. The molecule has 7 nitrogen and oxygen atoms in total. The Hall–Kier alpha value is -4.13. The molecule has 28 heavy (non-hydrogen) atoms. The topological polar surface area (TPSA) is 90.4 Å². The lowest BCUT2D eigenvalue weighted by Crippen LogP contribution is -2.07. The van der Waals surface area contributed by atoms with Crippen molar-refractivity contribution >= 4 is 39.1 Å². The molecular formula is C21H12N4O3. The molecule has 0 fully saturated rings. The molecule has 134 valence electrons. The third-order valence-corrected chi connectivity index (χ3v) is 4.70. The van der Waals surface area contributed by atoms with Gasteiger partial charge in [0.1, 0.15) is 22.4 Å². The van der Waals surface area contributed by atoms with Crippen molar-refractivity contribution in [2.75, 3.05) is 0 Å². The zero-order valence-corrected chi connectivity index (χ0v) is 14.4. The van der Waals surface area contributed by atoms with Gasteiger partial charge in [-0.2, -0.15) is 0 Å². The van der Waals surface area contributed by atoms with Crippen molar-refractivity contribution < 1.29 is 9.72 Å². The molecule has 0 radical (unpaired) electrons. The van der Waals surface area contributed by atoms with Gasteiger partial charge in [0.2, 0.25) is 5.78 Å². The summed E-state index contributed by atoms with van der Waals surface area (Å²) in [4.78, 5) is 33.0. The molecule has 0 amide bonds. The number of ketones is 1. The van der Waals surface area contributed by atoms with E-state index in [0.29, 0.717) is 27.8 Å². The monoisotopic (exact) mass is 368 g/mol. The normalized spacial score (nSPS) is 11.3. The van der Waals surface area contributed by atoms with Crippen LogP contribution in [0, 0.1) is 10.1 Å². The number of para-hydroxylation sites is 1. The average Bonchev–Trinajstić information content (AvgIpc) is 3.13. The number of benzene rings is 2. The number of nitro benzene ring substituents is 1.